The summed E-state index contributed by atoms with van der Waals surface area (Å²) in [7, 11) is 0. The van der Waals surface area contributed by atoms with E-state index in [0.29, 0.717) is 59.9 Å². The molecule has 1 aromatic carbocycles. The second kappa shape index (κ2) is 18.6. The van der Waals surface area contributed by atoms with Gasteiger partial charge in [-0.15, -0.1) is 5.10 Å². The van der Waals surface area contributed by atoms with Gasteiger partial charge >= 0.3 is 6.09 Å². The van der Waals surface area contributed by atoms with Crippen LogP contribution in [0.3, 0.4) is 0 Å². The summed E-state index contributed by atoms with van der Waals surface area (Å²) < 4.78 is 26.1. The number of carbonyl (C=O) groups excluding carboxylic acids is 4. The number of benzene rings is 1. The summed E-state index contributed by atoms with van der Waals surface area (Å²) in [5.41, 5.74) is -0.299. The van der Waals surface area contributed by atoms with Gasteiger partial charge in [0.2, 0.25) is 11.8 Å². The predicted molar refractivity (Wildman–Crippen MR) is 235 cm³/mol. The largest absolute Gasteiger partial charge is 0.492 e. The van der Waals surface area contributed by atoms with Crippen molar-refractivity contribution in [1.29, 1.82) is 0 Å². The number of carbonyl (C=O) groups is 4. The van der Waals surface area contributed by atoms with Crippen LogP contribution in [0, 0.1) is 17.8 Å². The van der Waals surface area contributed by atoms with Crippen LogP contribution in [0.15, 0.2) is 36.5 Å². The minimum atomic E-state index is -0.931. The van der Waals surface area contributed by atoms with E-state index in [1.165, 1.54) is 6.42 Å². The molecule has 0 spiro atoms. The summed E-state index contributed by atoms with van der Waals surface area (Å²) in [4.78, 5) is 64.7. The Balaban J connectivity index is 0.993. The highest BCUT2D eigenvalue weighted by atomic mass is 16.6. The van der Waals surface area contributed by atoms with Gasteiger partial charge in [-0.1, -0.05) is 32.1 Å². The van der Waals surface area contributed by atoms with E-state index in [4.69, 9.17) is 29.0 Å². The van der Waals surface area contributed by atoms with Crippen molar-refractivity contribution in [3.63, 3.8) is 0 Å². The van der Waals surface area contributed by atoms with Crippen LogP contribution in [-0.2, 0) is 23.9 Å². The first-order chi connectivity index (χ1) is 30.5. The Bertz CT molecular complexity index is 2150. The van der Waals surface area contributed by atoms with Crippen LogP contribution in [0.25, 0.3) is 16.7 Å². The number of ether oxygens (including phenoxy) is 4. The van der Waals surface area contributed by atoms with Crippen molar-refractivity contribution < 1.29 is 38.1 Å². The molecule has 16 nitrogen and oxygen atoms in total. The monoisotopic (exact) mass is 868 g/mol. The second-order valence-electron chi connectivity index (χ2n) is 19.1. The summed E-state index contributed by atoms with van der Waals surface area (Å²) in [5.74, 6) is 2.96. The fourth-order valence-electron chi connectivity index (χ4n) is 10.4. The summed E-state index contributed by atoms with van der Waals surface area (Å²) in [5, 5.41) is 14.9. The number of rotatable bonds is 12. The lowest BCUT2D eigenvalue weighted by atomic mass is 10.0. The number of pyridine rings is 1. The van der Waals surface area contributed by atoms with Crippen LogP contribution in [-0.4, -0.2) is 130 Å². The Hall–Kier alpha value is -4.96. The molecule has 16 heteroatoms. The third kappa shape index (κ3) is 10.1. The molecular weight excluding hydrogens is 805 g/mol. The van der Waals surface area contributed by atoms with E-state index in [9.17, 15) is 19.2 Å². The second-order valence-corrected chi connectivity index (χ2v) is 19.1. The summed E-state index contributed by atoms with van der Waals surface area (Å²) in [6.07, 6.45) is 10.1. The van der Waals surface area contributed by atoms with Gasteiger partial charge in [-0.2, -0.15) is 0 Å². The Labute approximate surface area is 369 Å². The molecule has 0 radical (unpaired) electrons. The average molecular weight is 869 g/mol. The predicted octanol–water partition coefficient (Wildman–Crippen LogP) is 5.40. The highest BCUT2D eigenvalue weighted by Crippen LogP contribution is 2.52. The van der Waals surface area contributed by atoms with Crippen LogP contribution < -0.4 is 25.4 Å². The number of hydrogen-bond acceptors (Lipinski definition) is 12. The number of nitrogens with one attached hydrogen (secondary N) is 3. The third-order valence-corrected chi connectivity index (χ3v) is 14.1. The first-order valence-corrected chi connectivity index (χ1v) is 23.5. The smallest absolute Gasteiger partial charge is 0.408 e. The quantitative estimate of drug-likeness (QED) is 0.212. The Morgan fingerprint density at radius 2 is 1.75 bits per heavy atom. The van der Waals surface area contributed by atoms with Gasteiger partial charge in [0.05, 0.1) is 25.3 Å². The maximum atomic E-state index is 14.8. The lowest BCUT2D eigenvalue weighted by molar-refractivity contribution is -0.141. The van der Waals surface area contributed by atoms with E-state index < -0.39 is 29.8 Å². The van der Waals surface area contributed by atoms with Crippen molar-refractivity contribution in [2.24, 2.45) is 17.8 Å². The van der Waals surface area contributed by atoms with E-state index in [1.54, 1.807) is 16.5 Å². The summed E-state index contributed by atoms with van der Waals surface area (Å²) in [6.45, 7) is 10.2. The third-order valence-electron chi connectivity index (χ3n) is 14.1. The van der Waals surface area contributed by atoms with Crippen LogP contribution in [0.2, 0.25) is 0 Å². The zero-order valence-electron chi connectivity index (χ0n) is 37.0. The summed E-state index contributed by atoms with van der Waals surface area (Å²) in [6, 6.07) is 7.81. The van der Waals surface area contributed by atoms with Crippen LogP contribution in [0.5, 0.6) is 11.5 Å². The first-order valence-electron chi connectivity index (χ1n) is 23.5. The minimum absolute atomic E-state index is 0.0636. The standard InChI is InChI=1S/C47H64N8O8/c1-29(2)48-42-13-14-55(52-42)43-26-41(37-12-11-34(24-39(37)49-43)61-20-17-53-15-18-60-19-16-53)62-36-25-40-44(57)51-47(30(3)56)27-33(47)9-7-5-4-6-8-10-38(45(58)54(40)28-36)50-46(59)63-35-22-31-21-32(31)23-35/h11-14,24,26,29,31-33,35-36,38,40H,4-10,15-23,25,27-28H2,1-3H3,(H,48,52)(H,50,59)(H,51,57)/t31-,32+,33-,35?,36-,38+,40+,47+/m1/s1. The van der Waals surface area contributed by atoms with Crippen molar-refractivity contribution in [2.45, 2.75) is 134 Å². The maximum absolute atomic E-state index is 14.8. The van der Waals surface area contributed by atoms with Gasteiger partial charge in [-0.05, 0) is 89.2 Å². The molecule has 5 heterocycles. The molecule has 9 rings (SSSR count). The van der Waals surface area contributed by atoms with Crippen molar-refractivity contribution in [1.82, 2.24) is 35.2 Å². The molecule has 3 amide bonds. The molecule has 6 fully saturated rings. The lowest BCUT2D eigenvalue weighted by Gasteiger charge is -2.30. The Morgan fingerprint density at radius 3 is 2.52 bits per heavy atom. The number of anilines is 1. The van der Waals surface area contributed by atoms with Crippen molar-refractivity contribution in [3.05, 3.63) is 36.5 Å². The van der Waals surface area contributed by atoms with Gasteiger partial charge < -0.3 is 39.8 Å². The topological polar surface area (TPSA) is 178 Å². The normalized spacial score (nSPS) is 30.0. The number of hydrogen-bond donors (Lipinski definition) is 3. The van der Waals surface area contributed by atoms with Gasteiger partial charge in [0, 0.05) is 61.9 Å². The zero-order chi connectivity index (χ0) is 43.7. The van der Waals surface area contributed by atoms with Gasteiger partial charge in [0.25, 0.3) is 0 Å². The molecule has 3 saturated heterocycles. The van der Waals surface area contributed by atoms with Gasteiger partial charge in [-0.25, -0.2) is 14.5 Å². The highest BCUT2D eigenvalue weighted by Gasteiger charge is 2.59. The number of Topliss-reactive ketones (excluding diaryl/α,β-unsaturated/α-hetero) is 1. The highest BCUT2D eigenvalue weighted by molar-refractivity contribution is 5.98. The zero-order valence-corrected chi connectivity index (χ0v) is 37.0. The van der Waals surface area contributed by atoms with Gasteiger partial charge in [0.1, 0.15) is 53.8 Å². The molecule has 340 valence electrons. The maximum Gasteiger partial charge on any atom is 0.408 e. The van der Waals surface area contributed by atoms with Crippen LogP contribution in [0.1, 0.15) is 97.8 Å². The molecule has 3 N–H and O–H groups in total. The van der Waals surface area contributed by atoms with Crippen LogP contribution >= 0.6 is 0 Å². The number of fused-ring (bicyclic) bond motifs is 4. The molecule has 2 aromatic heterocycles. The molecule has 0 bridgehead atoms. The molecule has 3 aliphatic heterocycles. The molecule has 1 unspecified atom stereocenters. The number of ketones is 1. The van der Waals surface area contributed by atoms with Crippen molar-refractivity contribution >= 4 is 40.4 Å². The van der Waals surface area contributed by atoms with Crippen molar-refractivity contribution in [3.8, 4) is 17.3 Å². The fourth-order valence-corrected chi connectivity index (χ4v) is 10.4. The Kier molecular flexibility index (Phi) is 12.8. The SMILES string of the molecule is CC(=O)[C@@]12C[C@H]1CCCCCCC[C@H](NC(=O)OC1C[C@@H]3C[C@@H]3C1)C(=O)N1C[C@H](Oc3cc(-n4ccc(NC(C)C)n4)nc4cc(OCCN5CCOCC5)ccc34)C[C@H]1C(=O)N2. The molecule has 3 saturated carbocycles. The molecule has 3 aromatic rings. The lowest BCUT2D eigenvalue weighted by Crippen LogP contribution is -2.56. The number of alkyl carbamates (subject to hydrolysis) is 1. The number of nitrogens with zero attached hydrogens (tertiary/aromatic N) is 5. The van der Waals surface area contributed by atoms with E-state index in [1.807, 2.05) is 50.4 Å². The van der Waals surface area contributed by atoms with E-state index in [-0.39, 0.29) is 48.6 Å². The van der Waals surface area contributed by atoms with Crippen molar-refractivity contribution in [2.75, 3.05) is 51.3 Å². The van der Waals surface area contributed by atoms with Gasteiger partial charge in [0.15, 0.2) is 11.6 Å². The molecule has 63 heavy (non-hydrogen) atoms. The van der Waals surface area contributed by atoms with Gasteiger partial charge in [-0.3, -0.25) is 19.3 Å². The first kappa shape index (κ1) is 43.3. The number of amides is 3. The average Bonchev–Trinajstić information content (AvgIpc) is 3.91. The molecule has 3 aliphatic carbocycles. The molecular formula is C47H64N8O8. The number of aromatic nitrogens is 3. The molecule has 8 atom stereocenters. The molecule has 6 aliphatic rings. The number of morpholine rings is 1. The fraction of sp³-hybridized carbons (Fsp3) is 0.660. The van der Waals surface area contributed by atoms with E-state index in [2.05, 4.69) is 20.9 Å². The van der Waals surface area contributed by atoms with Crippen LogP contribution in [0.4, 0.5) is 10.6 Å². The Morgan fingerprint density at radius 1 is 0.968 bits per heavy atom. The summed E-state index contributed by atoms with van der Waals surface area (Å²) >= 11 is 0. The van der Waals surface area contributed by atoms with E-state index in [0.717, 1.165) is 89.6 Å². The van der Waals surface area contributed by atoms with E-state index >= 15 is 0 Å². The minimum Gasteiger partial charge on any atom is -0.492 e.